The Balaban J connectivity index is 2.41. The van der Waals surface area contributed by atoms with Gasteiger partial charge in [0.05, 0.1) is 12.2 Å². The summed E-state index contributed by atoms with van der Waals surface area (Å²) >= 11 is 0. The highest BCUT2D eigenvalue weighted by atomic mass is 28.4. The highest BCUT2D eigenvalue weighted by Crippen LogP contribution is 2.42. The quantitative estimate of drug-likeness (QED) is 0.635. The van der Waals surface area contributed by atoms with Crippen LogP contribution in [0.15, 0.2) is 23.3 Å². The Morgan fingerprint density at radius 1 is 1.22 bits per heavy atom. The average molecular weight is 337 g/mol. The number of carbonyl (C=O) groups excluding carboxylic acids is 2. The maximum Gasteiger partial charge on any atom is 0.192 e. The molecular weight excluding hydrogens is 308 g/mol. The molecule has 1 unspecified atom stereocenters. The molecule has 4 nitrogen and oxygen atoms in total. The molecule has 0 saturated carbocycles. The van der Waals surface area contributed by atoms with Gasteiger partial charge in [-0.25, -0.2) is 0 Å². The van der Waals surface area contributed by atoms with Gasteiger partial charge in [-0.15, -0.1) is 0 Å². The predicted octanol–water partition coefficient (Wildman–Crippen LogP) is 3.17. The van der Waals surface area contributed by atoms with Crippen LogP contribution in [0.2, 0.25) is 18.1 Å². The van der Waals surface area contributed by atoms with Gasteiger partial charge in [0.25, 0.3) is 0 Å². The lowest BCUT2D eigenvalue weighted by Gasteiger charge is -2.43. The number of aliphatic hydroxyl groups excluding tert-OH is 1. The summed E-state index contributed by atoms with van der Waals surface area (Å²) in [6.45, 7) is 12.5. The van der Waals surface area contributed by atoms with Gasteiger partial charge in [0.2, 0.25) is 0 Å². The van der Waals surface area contributed by atoms with Crippen molar-refractivity contribution in [3.63, 3.8) is 0 Å². The fourth-order valence-corrected chi connectivity index (χ4v) is 4.21. The zero-order valence-corrected chi connectivity index (χ0v) is 16.0. The molecule has 2 aliphatic rings. The van der Waals surface area contributed by atoms with Crippen LogP contribution in [0, 0.1) is 5.92 Å². The second-order valence-corrected chi connectivity index (χ2v) is 13.0. The van der Waals surface area contributed by atoms with Gasteiger partial charge >= 0.3 is 0 Å². The van der Waals surface area contributed by atoms with Crippen molar-refractivity contribution in [1.82, 2.24) is 0 Å². The van der Waals surface area contributed by atoms with Crippen LogP contribution in [-0.4, -0.2) is 37.2 Å². The summed E-state index contributed by atoms with van der Waals surface area (Å²) in [7, 11) is -2.09. The zero-order chi connectivity index (χ0) is 17.6. The molecule has 0 amide bonds. The number of allylic oxidation sites excluding steroid dienone is 3. The molecule has 23 heavy (non-hydrogen) atoms. The molecule has 0 aliphatic heterocycles. The van der Waals surface area contributed by atoms with Gasteiger partial charge in [0.1, 0.15) is 0 Å². The Bertz CT molecular complexity index is 578. The van der Waals surface area contributed by atoms with E-state index in [1.807, 2.05) is 0 Å². The zero-order valence-electron chi connectivity index (χ0n) is 15.0. The van der Waals surface area contributed by atoms with E-state index in [4.69, 9.17) is 4.43 Å². The number of carbonyl (C=O) groups is 2. The topological polar surface area (TPSA) is 63.6 Å². The van der Waals surface area contributed by atoms with Crippen LogP contribution in [-0.2, 0) is 14.0 Å². The summed E-state index contributed by atoms with van der Waals surface area (Å²) in [6, 6.07) is 0. The summed E-state index contributed by atoms with van der Waals surface area (Å²) in [5.41, 5.74) is 1.07. The van der Waals surface area contributed by atoms with E-state index >= 15 is 0 Å². The van der Waals surface area contributed by atoms with Crippen molar-refractivity contribution in [1.29, 1.82) is 0 Å². The first-order chi connectivity index (χ1) is 10.4. The van der Waals surface area contributed by atoms with Crippen molar-refractivity contribution in [2.24, 2.45) is 5.92 Å². The minimum Gasteiger partial charge on any atom is -0.410 e. The van der Waals surface area contributed by atoms with Crippen molar-refractivity contribution < 1.29 is 19.1 Å². The third-order valence-electron chi connectivity index (χ3n) is 5.50. The minimum absolute atomic E-state index is 0.0169. The molecule has 0 aromatic rings. The maximum atomic E-state index is 12.4. The van der Waals surface area contributed by atoms with Gasteiger partial charge < -0.3 is 9.53 Å². The first kappa shape index (κ1) is 18.3. The predicted molar refractivity (Wildman–Crippen MR) is 92.7 cm³/mol. The molecule has 0 bridgehead atoms. The highest BCUT2D eigenvalue weighted by Gasteiger charge is 2.44. The molecule has 0 aromatic carbocycles. The summed E-state index contributed by atoms with van der Waals surface area (Å²) in [5, 5.41) is 10.0. The Kier molecular flexibility index (Phi) is 4.86. The van der Waals surface area contributed by atoms with E-state index in [2.05, 4.69) is 33.9 Å². The lowest BCUT2D eigenvalue weighted by atomic mass is 9.75. The van der Waals surface area contributed by atoms with Crippen LogP contribution in [0.1, 0.15) is 40.5 Å². The molecule has 0 aromatic heterocycles. The molecule has 5 heteroatoms. The van der Waals surface area contributed by atoms with E-state index in [9.17, 15) is 14.7 Å². The summed E-state index contributed by atoms with van der Waals surface area (Å²) in [6.07, 6.45) is 2.83. The fourth-order valence-electron chi connectivity index (χ4n) is 2.93. The van der Waals surface area contributed by atoms with Crippen LogP contribution in [0.4, 0.5) is 0 Å². The fraction of sp³-hybridized carbons (Fsp3) is 0.667. The maximum absolute atomic E-state index is 12.4. The second-order valence-electron chi connectivity index (χ2n) is 8.26. The van der Waals surface area contributed by atoms with Crippen molar-refractivity contribution in [2.75, 3.05) is 0 Å². The van der Waals surface area contributed by atoms with Gasteiger partial charge in [0, 0.05) is 11.1 Å². The van der Waals surface area contributed by atoms with Crippen LogP contribution in [0.25, 0.3) is 0 Å². The van der Waals surface area contributed by atoms with E-state index in [1.165, 1.54) is 12.2 Å². The second kappa shape index (κ2) is 6.11. The van der Waals surface area contributed by atoms with E-state index in [0.717, 1.165) is 0 Å². The molecule has 2 aliphatic carbocycles. The van der Waals surface area contributed by atoms with Crippen LogP contribution in [0.3, 0.4) is 0 Å². The molecular formula is C18H28O4Si. The van der Waals surface area contributed by atoms with E-state index in [0.29, 0.717) is 24.0 Å². The van der Waals surface area contributed by atoms with Gasteiger partial charge in [0.15, 0.2) is 19.9 Å². The van der Waals surface area contributed by atoms with E-state index in [-0.39, 0.29) is 28.6 Å². The van der Waals surface area contributed by atoms with Gasteiger partial charge in [-0.3, -0.25) is 9.59 Å². The van der Waals surface area contributed by atoms with Gasteiger partial charge in [-0.2, -0.15) is 0 Å². The number of ketones is 2. The first-order valence-corrected chi connectivity index (χ1v) is 11.2. The molecule has 0 fully saturated rings. The van der Waals surface area contributed by atoms with E-state index < -0.39 is 14.4 Å². The van der Waals surface area contributed by atoms with Gasteiger partial charge in [-0.05, 0) is 56.0 Å². The number of aliphatic hydroxyl groups is 1. The van der Waals surface area contributed by atoms with Crippen LogP contribution >= 0.6 is 0 Å². The lowest BCUT2D eigenvalue weighted by molar-refractivity contribution is -0.116. The molecule has 2 rings (SSSR count). The molecule has 1 N–H and O–H groups in total. The van der Waals surface area contributed by atoms with Crippen molar-refractivity contribution in [2.45, 2.75) is 70.9 Å². The highest BCUT2D eigenvalue weighted by molar-refractivity contribution is 6.74. The lowest BCUT2D eigenvalue weighted by Crippen LogP contribution is -2.47. The largest absolute Gasteiger partial charge is 0.410 e. The third kappa shape index (κ3) is 3.57. The summed E-state index contributed by atoms with van der Waals surface area (Å²) in [4.78, 5) is 24.6. The Morgan fingerprint density at radius 3 is 2.30 bits per heavy atom. The molecule has 0 radical (unpaired) electrons. The van der Waals surface area contributed by atoms with Crippen molar-refractivity contribution in [3.8, 4) is 0 Å². The van der Waals surface area contributed by atoms with Crippen LogP contribution in [0.5, 0.6) is 0 Å². The molecule has 0 saturated heterocycles. The molecule has 3 atom stereocenters. The average Bonchev–Trinajstić information content (AvgIpc) is 2.40. The third-order valence-corrected chi connectivity index (χ3v) is 9.99. The SMILES string of the molecule is CC(O)[C@H]1CC2=C(C(=O)C=CC2=O)[C@H](O[Si](C)(C)C(C)(C)C)C1. The summed E-state index contributed by atoms with van der Waals surface area (Å²) < 4.78 is 6.47. The minimum atomic E-state index is -2.09. The normalized spacial score (nSPS) is 27.3. The Hall–Kier alpha value is -1.04. The molecule has 0 spiro atoms. The first-order valence-electron chi connectivity index (χ1n) is 8.29. The number of hydrogen-bond donors (Lipinski definition) is 1. The van der Waals surface area contributed by atoms with Crippen molar-refractivity contribution >= 4 is 19.9 Å². The summed E-state index contributed by atoms with van der Waals surface area (Å²) in [5.74, 6) is -0.284. The van der Waals surface area contributed by atoms with Crippen molar-refractivity contribution in [3.05, 3.63) is 23.3 Å². The van der Waals surface area contributed by atoms with Gasteiger partial charge in [-0.1, -0.05) is 20.8 Å². The Labute approximate surface area is 139 Å². The van der Waals surface area contributed by atoms with Crippen LogP contribution < -0.4 is 0 Å². The molecule has 128 valence electrons. The monoisotopic (exact) mass is 336 g/mol. The smallest absolute Gasteiger partial charge is 0.192 e. The number of hydrogen-bond acceptors (Lipinski definition) is 4. The Morgan fingerprint density at radius 2 is 1.78 bits per heavy atom. The standard InChI is InChI=1S/C18H28O4Si/c1-11(19)12-9-13-14(20)7-8-15(21)17(13)16(10-12)22-23(5,6)18(2,3)4/h7-8,11-12,16,19H,9-10H2,1-6H3/t11?,12-,16+/m0/s1. The number of rotatable bonds is 3. The van der Waals surface area contributed by atoms with E-state index in [1.54, 1.807) is 6.92 Å². The molecule has 0 heterocycles.